The van der Waals surface area contributed by atoms with Gasteiger partial charge in [0.05, 0.1) is 11.6 Å². The summed E-state index contributed by atoms with van der Waals surface area (Å²) in [5.41, 5.74) is 3.56. The molecule has 5 heteroatoms. The van der Waals surface area contributed by atoms with E-state index in [2.05, 4.69) is 24.0 Å². The fourth-order valence-electron chi connectivity index (χ4n) is 2.16. The molecule has 1 aromatic heterocycles. The van der Waals surface area contributed by atoms with Crippen LogP contribution in [-0.2, 0) is 6.42 Å². The Balaban J connectivity index is 1.97. The van der Waals surface area contributed by atoms with Crippen molar-refractivity contribution in [3.8, 4) is 5.75 Å². The van der Waals surface area contributed by atoms with E-state index >= 15 is 0 Å². The van der Waals surface area contributed by atoms with Gasteiger partial charge in [0.15, 0.2) is 5.69 Å². The molecule has 0 amide bonds. The summed E-state index contributed by atoms with van der Waals surface area (Å²) in [5.74, 6) is -0.0794. The van der Waals surface area contributed by atoms with Gasteiger partial charge in [-0.3, -0.25) is 0 Å². The number of carbonyl (C=O) groups is 1. The fourth-order valence-corrected chi connectivity index (χ4v) is 2.91. The predicted molar refractivity (Wildman–Crippen MR) is 78.9 cm³/mol. The number of aryl methyl sites for hydroxylation is 3. The first kappa shape index (κ1) is 14.5. The predicted octanol–water partition coefficient (Wildman–Crippen LogP) is 3.39. The molecule has 2 rings (SSSR count). The summed E-state index contributed by atoms with van der Waals surface area (Å²) in [6.07, 6.45) is 0.616. The first-order valence-corrected chi connectivity index (χ1v) is 7.23. The third-order valence-corrected chi connectivity index (χ3v) is 3.85. The van der Waals surface area contributed by atoms with Crippen molar-refractivity contribution in [1.82, 2.24) is 4.98 Å². The zero-order valence-corrected chi connectivity index (χ0v) is 12.6. The van der Waals surface area contributed by atoms with E-state index in [1.165, 1.54) is 16.9 Å². The molecule has 1 N–H and O–H groups in total. The van der Waals surface area contributed by atoms with Crippen molar-refractivity contribution in [2.75, 3.05) is 6.61 Å². The van der Waals surface area contributed by atoms with E-state index in [-0.39, 0.29) is 5.69 Å². The van der Waals surface area contributed by atoms with Crippen molar-refractivity contribution >= 4 is 17.3 Å². The lowest BCUT2D eigenvalue weighted by atomic mass is 10.1. The van der Waals surface area contributed by atoms with Crippen molar-refractivity contribution in [1.29, 1.82) is 0 Å². The van der Waals surface area contributed by atoms with Crippen molar-refractivity contribution in [3.63, 3.8) is 0 Å². The molecule has 0 spiro atoms. The van der Waals surface area contributed by atoms with Crippen molar-refractivity contribution in [2.24, 2.45) is 0 Å². The van der Waals surface area contributed by atoms with E-state index in [4.69, 9.17) is 9.84 Å². The molecule has 0 saturated carbocycles. The quantitative estimate of drug-likeness (QED) is 0.917. The third kappa shape index (κ3) is 3.36. The summed E-state index contributed by atoms with van der Waals surface area (Å²) in [7, 11) is 0. The highest BCUT2D eigenvalue weighted by Crippen LogP contribution is 2.24. The number of aromatic nitrogens is 1. The Kier molecular flexibility index (Phi) is 4.39. The summed E-state index contributed by atoms with van der Waals surface area (Å²) >= 11 is 1.35. The SMILES string of the molecule is Cc1cc(C)c(OCCc2nc(C(=O)O)cs2)c(C)c1. The van der Waals surface area contributed by atoms with Gasteiger partial charge in [-0.15, -0.1) is 11.3 Å². The highest BCUT2D eigenvalue weighted by molar-refractivity contribution is 7.09. The molecule has 20 heavy (non-hydrogen) atoms. The van der Waals surface area contributed by atoms with Gasteiger partial charge in [-0.1, -0.05) is 17.7 Å². The molecule has 1 heterocycles. The van der Waals surface area contributed by atoms with E-state index < -0.39 is 5.97 Å². The number of aromatic carboxylic acids is 1. The zero-order valence-electron chi connectivity index (χ0n) is 11.8. The van der Waals surface area contributed by atoms with Gasteiger partial charge in [-0.25, -0.2) is 9.78 Å². The van der Waals surface area contributed by atoms with Gasteiger partial charge < -0.3 is 9.84 Å². The van der Waals surface area contributed by atoms with Crippen LogP contribution in [0.5, 0.6) is 5.75 Å². The van der Waals surface area contributed by atoms with E-state index in [1.54, 1.807) is 5.38 Å². The number of benzene rings is 1. The van der Waals surface area contributed by atoms with Crippen LogP contribution in [0.1, 0.15) is 32.2 Å². The monoisotopic (exact) mass is 291 g/mol. The molecule has 0 fully saturated rings. The lowest BCUT2D eigenvalue weighted by Gasteiger charge is -2.12. The molecule has 2 aromatic rings. The van der Waals surface area contributed by atoms with Gasteiger partial charge in [-0.05, 0) is 31.9 Å². The van der Waals surface area contributed by atoms with E-state index in [0.29, 0.717) is 13.0 Å². The minimum Gasteiger partial charge on any atom is -0.493 e. The Morgan fingerprint density at radius 1 is 1.30 bits per heavy atom. The first-order chi connectivity index (χ1) is 9.47. The Bertz CT molecular complexity index is 611. The number of thiazole rings is 1. The highest BCUT2D eigenvalue weighted by Gasteiger charge is 2.09. The molecular formula is C15H17NO3S. The normalized spacial score (nSPS) is 10.6. The van der Waals surface area contributed by atoms with Gasteiger partial charge >= 0.3 is 5.97 Å². The molecule has 106 valence electrons. The number of nitrogens with zero attached hydrogens (tertiary/aromatic N) is 1. The molecule has 0 radical (unpaired) electrons. The third-order valence-electron chi connectivity index (χ3n) is 2.94. The molecule has 0 aliphatic rings. The number of hydrogen-bond acceptors (Lipinski definition) is 4. The second-order valence-corrected chi connectivity index (χ2v) is 5.70. The number of hydrogen-bond donors (Lipinski definition) is 1. The summed E-state index contributed by atoms with van der Waals surface area (Å²) in [5, 5.41) is 11.2. The Morgan fingerprint density at radius 3 is 2.50 bits per heavy atom. The molecular weight excluding hydrogens is 274 g/mol. The van der Waals surface area contributed by atoms with Crippen LogP contribution in [-0.4, -0.2) is 22.7 Å². The number of carboxylic acids is 1. The van der Waals surface area contributed by atoms with Gasteiger partial charge in [0.1, 0.15) is 5.75 Å². The van der Waals surface area contributed by atoms with Crippen molar-refractivity contribution in [2.45, 2.75) is 27.2 Å². The van der Waals surface area contributed by atoms with Crippen LogP contribution in [0, 0.1) is 20.8 Å². The zero-order chi connectivity index (χ0) is 14.7. The lowest BCUT2D eigenvalue weighted by Crippen LogP contribution is -2.04. The Hall–Kier alpha value is -1.88. The number of carboxylic acid groups (broad SMARTS) is 1. The number of ether oxygens (including phenoxy) is 1. The summed E-state index contributed by atoms with van der Waals surface area (Å²) < 4.78 is 5.82. The van der Waals surface area contributed by atoms with Gasteiger partial charge in [0.25, 0.3) is 0 Å². The standard InChI is InChI=1S/C15H17NO3S/c1-9-6-10(2)14(11(3)7-9)19-5-4-13-16-12(8-20-13)15(17)18/h6-8H,4-5H2,1-3H3,(H,17,18). The van der Waals surface area contributed by atoms with Gasteiger partial charge in [0.2, 0.25) is 0 Å². The molecule has 1 aromatic carbocycles. The van der Waals surface area contributed by atoms with E-state index in [1.807, 2.05) is 13.8 Å². The van der Waals surface area contributed by atoms with Crippen molar-refractivity contribution < 1.29 is 14.6 Å². The molecule has 0 unspecified atom stereocenters. The van der Waals surface area contributed by atoms with Gasteiger partial charge in [0, 0.05) is 11.8 Å². The van der Waals surface area contributed by atoms with Crippen LogP contribution >= 0.6 is 11.3 Å². The van der Waals surface area contributed by atoms with Crippen LogP contribution in [0.4, 0.5) is 0 Å². The average Bonchev–Trinajstić information content (AvgIpc) is 2.81. The topological polar surface area (TPSA) is 59.4 Å². The maximum atomic E-state index is 10.7. The molecule has 4 nitrogen and oxygen atoms in total. The van der Waals surface area contributed by atoms with Crippen LogP contribution in [0.3, 0.4) is 0 Å². The van der Waals surface area contributed by atoms with Crippen LogP contribution in [0.2, 0.25) is 0 Å². The summed E-state index contributed by atoms with van der Waals surface area (Å²) in [6.45, 7) is 6.62. The highest BCUT2D eigenvalue weighted by atomic mass is 32.1. The second kappa shape index (κ2) is 6.05. The van der Waals surface area contributed by atoms with Crippen LogP contribution in [0.25, 0.3) is 0 Å². The van der Waals surface area contributed by atoms with Crippen LogP contribution < -0.4 is 4.74 Å². The smallest absolute Gasteiger partial charge is 0.355 e. The maximum Gasteiger partial charge on any atom is 0.355 e. The largest absolute Gasteiger partial charge is 0.493 e. The Morgan fingerprint density at radius 2 is 1.95 bits per heavy atom. The molecule has 0 saturated heterocycles. The summed E-state index contributed by atoms with van der Waals surface area (Å²) in [6, 6.07) is 4.18. The molecule has 0 aliphatic heterocycles. The van der Waals surface area contributed by atoms with E-state index in [0.717, 1.165) is 21.9 Å². The average molecular weight is 291 g/mol. The van der Waals surface area contributed by atoms with Crippen molar-refractivity contribution in [3.05, 3.63) is 44.9 Å². The minimum atomic E-state index is -0.987. The fraction of sp³-hybridized carbons (Fsp3) is 0.333. The van der Waals surface area contributed by atoms with Gasteiger partial charge in [-0.2, -0.15) is 0 Å². The first-order valence-electron chi connectivity index (χ1n) is 6.35. The number of rotatable bonds is 5. The molecule has 0 bridgehead atoms. The molecule has 0 atom stereocenters. The summed E-state index contributed by atoms with van der Waals surface area (Å²) in [4.78, 5) is 14.8. The Labute approximate surface area is 122 Å². The molecule has 0 aliphatic carbocycles. The minimum absolute atomic E-state index is 0.104. The maximum absolute atomic E-state index is 10.7. The lowest BCUT2D eigenvalue weighted by molar-refractivity contribution is 0.0691. The second-order valence-electron chi connectivity index (χ2n) is 4.76. The van der Waals surface area contributed by atoms with E-state index in [9.17, 15) is 4.79 Å². The van der Waals surface area contributed by atoms with Crippen LogP contribution in [0.15, 0.2) is 17.5 Å².